The molecule has 0 radical (unpaired) electrons. The maximum absolute atomic E-state index is 5.40. The molecule has 0 saturated carbocycles. The molecular formula is C23H54N2Si2Zr. The van der Waals surface area contributed by atoms with E-state index in [0.717, 1.165) is 52.8 Å². The van der Waals surface area contributed by atoms with Crippen LogP contribution in [0, 0.1) is 14.9 Å². The van der Waals surface area contributed by atoms with Crippen molar-refractivity contribution in [1.82, 2.24) is 0 Å². The van der Waals surface area contributed by atoms with Gasteiger partial charge in [0.1, 0.15) is 0 Å². The minimum absolute atomic E-state index is 0. The molecule has 0 unspecified atom stereocenters. The van der Waals surface area contributed by atoms with Crippen molar-refractivity contribution in [2.24, 2.45) is 0 Å². The Bertz CT molecular complexity index is 292. The van der Waals surface area contributed by atoms with Crippen molar-refractivity contribution in [1.29, 1.82) is 0 Å². The Kier molecular flexibility index (Phi) is 20.9. The number of hydrogen-bond acceptors (Lipinski definition) is 0. The molecule has 0 fully saturated rings. The van der Waals surface area contributed by atoms with Crippen LogP contribution in [-0.2, 0) is 26.2 Å². The molecule has 0 aliphatic rings. The summed E-state index contributed by atoms with van der Waals surface area (Å²) in [6.45, 7) is 30.8. The van der Waals surface area contributed by atoms with Gasteiger partial charge in [0.05, 0.1) is 0 Å². The van der Waals surface area contributed by atoms with E-state index in [4.69, 9.17) is 9.96 Å². The Morgan fingerprint density at radius 3 is 0.786 bits per heavy atom. The second-order valence-electron chi connectivity index (χ2n) is 9.82. The number of rotatable bonds is 12. The van der Waals surface area contributed by atoms with Crippen molar-refractivity contribution in [3.63, 3.8) is 0 Å². The Balaban J connectivity index is -0.000000960. The average Bonchev–Trinajstić information content (AvgIpc) is 2.44. The summed E-state index contributed by atoms with van der Waals surface area (Å²) in [6, 6.07) is 0. The second-order valence-corrected chi connectivity index (χ2v) is 20.9. The molecule has 28 heavy (non-hydrogen) atoms. The van der Waals surface area contributed by atoms with Gasteiger partial charge in [-0.3, -0.25) is 0 Å². The van der Waals surface area contributed by atoms with Crippen LogP contribution in [0.4, 0.5) is 0 Å². The maximum Gasteiger partial charge on any atom is 4.00 e. The molecule has 0 rings (SSSR count). The Morgan fingerprint density at radius 2 is 0.643 bits per heavy atom. The fraction of sp³-hybridized carbons (Fsp3) is 0.913. The van der Waals surface area contributed by atoms with Gasteiger partial charge in [-0.15, -0.1) is 0 Å². The molecule has 5 heteroatoms. The maximum atomic E-state index is 5.40. The minimum Gasteiger partial charge on any atom is -0.664 e. The molecule has 0 aliphatic heterocycles. The van der Waals surface area contributed by atoms with Crippen LogP contribution in [0.5, 0.6) is 0 Å². The zero-order chi connectivity index (χ0) is 20.0. The van der Waals surface area contributed by atoms with Crippen LogP contribution in [0.15, 0.2) is 0 Å². The Labute approximate surface area is 202 Å². The van der Waals surface area contributed by atoms with Gasteiger partial charge in [-0.05, 0) is 16.5 Å². The predicted molar refractivity (Wildman–Crippen MR) is 136 cm³/mol. The number of nitrogens with zero attached hydrogens (tertiary/aromatic N) is 2. The van der Waals surface area contributed by atoms with E-state index in [-0.39, 0.29) is 41.1 Å². The summed E-state index contributed by atoms with van der Waals surface area (Å²) in [5.74, 6) is 0. The van der Waals surface area contributed by atoms with E-state index >= 15 is 0 Å². The molecule has 0 atom stereocenters. The second kappa shape index (κ2) is 16.0. The SMILES string of the molecule is CC(C)[Si]([N-]CCC[N-][Si](C(C)C)(C(C)C)C(C)C)(C(C)C)C(C)C.[CH3-].[CH3-].[Zr+4]. The van der Waals surface area contributed by atoms with Crippen molar-refractivity contribution >= 4 is 16.5 Å². The van der Waals surface area contributed by atoms with E-state index < -0.39 is 16.5 Å². The van der Waals surface area contributed by atoms with Crippen LogP contribution in [0.1, 0.15) is 89.5 Å². The third kappa shape index (κ3) is 8.40. The summed E-state index contributed by atoms with van der Waals surface area (Å²) in [5.41, 5.74) is 4.33. The summed E-state index contributed by atoms with van der Waals surface area (Å²) >= 11 is 0. The summed E-state index contributed by atoms with van der Waals surface area (Å²) in [4.78, 5) is 10.8. The van der Waals surface area contributed by atoms with Crippen molar-refractivity contribution in [2.45, 2.75) is 123 Å². The van der Waals surface area contributed by atoms with Crippen molar-refractivity contribution in [2.75, 3.05) is 13.1 Å². The topological polar surface area (TPSA) is 28.2 Å². The molecule has 0 bridgehead atoms. The van der Waals surface area contributed by atoms with Gasteiger partial charge < -0.3 is 24.8 Å². The van der Waals surface area contributed by atoms with E-state index in [1.165, 1.54) is 0 Å². The van der Waals surface area contributed by atoms with Gasteiger partial charge in [0.25, 0.3) is 0 Å². The van der Waals surface area contributed by atoms with E-state index in [9.17, 15) is 0 Å². The summed E-state index contributed by atoms with van der Waals surface area (Å²) in [5, 5.41) is 0. The summed E-state index contributed by atoms with van der Waals surface area (Å²) in [6.07, 6.45) is 1.14. The third-order valence-electron chi connectivity index (χ3n) is 6.64. The van der Waals surface area contributed by atoms with Crippen LogP contribution >= 0.6 is 0 Å². The normalized spacial score (nSPS) is 12.6. The monoisotopic (exact) mass is 504 g/mol. The third-order valence-corrected chi connectivity index (χ3v) is 19.3. The molecule has 0 aromatic heterocycles. The number of hydrogen-bond donors (Lipinski definition) is 0. The molecule has 168 valence electrons. The first-order chi connectivity index (χ1) is 11.4. The van der Waals surface area contributed by atoms with E-state index in [2.05, 4.69) is 83.1 Å². The summed E-state index contributed by atoms with van der Waals surface area (Å²) in [7, 11) is -3.19. The Hall–Kier alpha value is 1.24. The molecule has 0 amide bonds. The first-order valence-corrected chi connectivity index (χ1v) is 15.1. The van der Waals surface area contributed by atoms with Crippen molar-refractivity contribution < 1.29 is 26.2 Å². The van der Waals surface area contributed by atoms with Gasteiger partial charge in [-0.25, -0.2) is 0 Å². The summed E-state index contributed by atoms with van der Waals surface area (Å²) < 4.78 is 0. The van der Waals surface area contributed by atoms with E-state index in [1.54, 1.807) is 0 Å². The minimum atomic E-state index is -1.59. The van der Waals surface area contributed by atoms with Crippen LogP contribution in [-0.4, -0.2) is 29.6 Å². The molecule has 0 heterocycles. The molecular weight excluding hydrogens is 452 g/mol. The molecule has 0 aliphatic carbocycles. The van der Waals surface area contributed by atoms with Gasteiger partial charge in [-0.2, -0.15) is 13.1 Å². The molecule has 0 aromatic rings. The van der Waals surface area contributed by atoms with Crippen LogP contribution in [0.2, 0.25) is 33.2 Å². The quantitative estimate of drug-likeness (QED) is 0.143. The van der Waals surface area contributed by atoms with Crippen molar-refractivity contribution in [3.05, 3.63) is 24.8 Å². The van der Waals surface area contributed by atoms with Gasteiger partial charge in [0, 0.05) is 0 Å². The smallest absolute Gasteiger partial charge is 0.664 e. The van der Waals surface area contributed by atoms with E-state index in [0.29, 0.717) is 0 Å². The predicted octanol–water partition coefficient (Wildman–Crippen LogP) is 9.37. The standard InChI is InChI=1S/C21H48N2Si2.2CH3.Zr/c1-16(2)24(17(3)4,18(5)6)22-14-13-15-23-25(19(7)8,20(9)10)21(11)12;;;/h16-21H,13-15H2,1-12H3;2*1H3;/q-2;2*-1;+4. The molecule has 2 nitrogen and oxygen atoms in total. The largest absolute Gasteiger partial charge is 4.00 e. The first-order valence-electron chi connectivity index (χ1n) is 10.7. The van der Waals surface area contributed by atoms with Crippen LogP contribution < -0.4 is 0 Å². The van der Waals surface area contributed by atoms with Gasteiger partial charge in [0.2, 0.25) is 0 Å². The first kappa shape index (κ1) is 36.6. The van der Waals surface area contributed by atoms with Crippen molar-refractivity contribution in [3.8, 4) is 0 Å². The molecule has 0 aromatic carbocycles. The fourth-order valence-electron chi connectivity index (χ4n) is 5.71. The van der Waals surface area contributed by atoms with Gasteiger partial charge >= 0.3 is 26.2 Å². The van der Waals surface area contributed by atoms with E-state index in [1.807, 2.05) is 0 Å². The fourth-order valence-corrected chi connectivity index (χ4v) is 17.0. The zero-order valence-corrected chi connectivity index (χ0v) is 26.4. The molecule has 0 saturated heterocycles. The zero-order valence-electron chi connectivity index (χ0n) is 22.0. The average molecular weight is 506 g/mol. The Morgan fingerprint density at radius 1 is 0.464 bits per heavy atom. The van der Waals surface area contributed by atoms with Crippen LogP contribution in [0.25, 0.3) is 9.96 Å². The van der Waals surface area contributed by atoms with Gasteiger partial charge in [0.15, 0.2) is 0 Å². The van der Waals surface area contributed by atoms with Gasteiger partial charge in [-0.1, -0.05) is 123 Å². The van der Waals surface area contributed by atoms with Crippen LogP contribution in [0.3, 0.4) is 0 Å². The molecule has 0 N–H and O–H groups in total. The molecule has 0 spiro atoms.